The van der Waals surface area contributed by atoms with Crippen LogP contribution < -0.4 is 10.6 Å². The number of hydrogen-bond donors (Lipinski definition) is 3. The molecule has 0 radical (unpaired) electrons. The van der Waals surface area contributed by atoms with Gasteiger partial charge >= 0.3 is 12.0 Å². The summed E-state index contributed by atoms with van der Waals surface area (Å²) in [6.45, 7) is 1.59. The molecule has 18 heavy (non-hydrogen) atoms. The summed E-state index contributed by atoms with van der Waals surface area (Å²) < 4.78 is 0. The molecule has 0 spiro atoms. The Balaban J connectivity index is 2.56. The Morgan fingerprint density at radius 2 is 2.06 bits per heavy atom. The van der Waals surface area contributed by atoms with Gasteiger partial charge in [0.15, 0.2) is 0 Å². The molecule has 0 aromatic heterocycles. The van der Waals surface area contributed by atoms with Gasteiger partial charge in [-0.15, -0.1) is 0 Å². The molecule has 0 saturated carbocycles. The summed E-state index contributed by atoms with van der Waals surface area (Å²) >= 11 is 11.6. The maximum Gasteiger partial charge on any atom is 0.319 e. The van der Waals surface area contributed by atoms with E-state index in [1.165, 1.54) is 6.07 Å². The molecule has 0 aliphatic rings. The second kappa shape index (κ2) is 6.47. The number of amides is 2. The molecule has 1 rings (SSSR count). The molecule has 98 valence electrons. The van der Waals surface area contributed by atoms with E-state index in [9.17, 15) is 9.59 Å². The number of anilines is 1. The van der Waals surface area contributed by atoms with Crippen molar-refractivity contribution in [1.29, 1.82) is 0 Å². The first-order valence-corrected chi connectivity index (χ1v) is 5.88. The van der Waals surface area contributed by atoms with E-state index in [0.29, 0.717) is 15.7 Å². The Morgan fingerprint density at radius 1 is 1.39 bits per heavy atom. The van der Waals surface area contributed by atoms with Crippen molar-refractivity contribution >= 4 is 40.9 Å². The van der Waals surface area contributed by atoms with Gasteiger partial charge in [0.05, 0.1) is 17.1 Å². The van der Waals surface area contributed by atoms with Gasteiger partial charge < -0.3 is 15.7 Å². The minimum absolute atomic E-state index is 0.151. The number of halogens is 2. The van der Waals surface area contributed by atoms with Crippen molar-refractivity contribution in [2.75, 3.05) is 5.32 Å². The minimum atomic E-state index is -0.979. The number of carbonyl (C=O) groups is 2. The van der Waals surface area contributed by atoms with Crippen LogP contribution in [-0.4, -0.2) is 23.1 Å². The summed E-state index contributed by atoms with van der Waals surface area (Å²) in [7, 11) is 0. The summed E-state index contributed by atoms with van der Waals surface area (Å²) in [6.07, 6.45) is -0.151. The number of carboxylic acids is 1. The molecule has 0 saturated heterocycles. The van der Waals surface area contributed by atoms with Crippen molar-refractivity contribution in [2.24, 2.45) is 0 Å². The lowest BCUT2D eigenvalue weighted by Crippen LogP contribution is -2.37. The molecule has 0 heterocycles. The van der Waals surface area contributed by atoms with Gasteiger partial charge in [0.2, 0.25) is 0 Å². The molecule has 1 atom stereocenters. The number of benzene rings is 1. The standard InChI is InChI=1S/C11H12Cl2N2O3/c1-6(4-10(16)17)14-11(18)15-9-3-2-7(12)5-8(9)13/h2-3,5-6H,4H2,1H3,(H,16,17)(H2,14,15,18). The zero-order valence-electron chi connectivity index (χ0n) is 9.54. The molecule has 0 bridgehead atoms. The van der Waals surface area contributed by atoms with Gasteiger partial charge in [-0.1, -0.05) is 23.2 Å². The zero-order chi connectivity index (χ0) is 13.7. The van der Waals surface area contributed by atoms with Crippen molar-refractivity contribution < 1.29 is 14.7 Å². The van der Waals surface area contributed by atoms with Crippen molar-refractivity contribution in [3.8, 4) is 0 Å². The summed E-state index contributed by atoms with van der Waals surface area (Å²) in [6, 6.07) is 3.65. The second-order valence-electron chi connectivity index (χ2n) is 3.72. The molecule has 1 aromatic carbocycles. The van der Waals surface area contributed by atoms with Crippen LogP contribution in [0.4, 0.5) is 10.5 Å². The van der Waals surface area contributed by atoms with E-state index in [2.05, 4.69) is 10.6 Å². The van der Waals surface area contributed by atoms with Crippen molar-refractivity contribution in [3.05, 3.63) is 28.2 Å². The molecule has 5 nitrogen and oxygen atoms in total. The topological polar surface area (TPSA) is 78.4 Å². The van der Waals surface area contributed by atoms with Crippen LogP contribution in [0.25, 0.3) is 0 Å². The second-order valence-corrected chi connectivity index (χ2v) is 4.57. The van der Waals surface area contributed by atoms with Gasteiger partial charge in [0.25, 0.3) is 0 Å². The predicted molar refractivity (Wildman–Crippen MR) is 70.3 cm³/mol. The number of carbonyl (C=O) groups excluding carboxylic acids is 1. The Bertz CT molecular complexity index is 466. The minimum Gasteiger partial charge on any atom is -0.481 e. The first-order chi connectivity index (χ1) is 8.38. The normalized spacial score (nSPS) is 11.7. The fraction of sp³-hybridized carbons (Fsp3) is 0.273. The Labute approximate surface area is 114 Å². The van der Waals surface area contributed by atoms with Gasteiger partial charge in [-0.2, -0.15) is 0 Å². The van der Waals surface area contributed by atoms with Gasteiger partial charge in [0.1, 0.15) is 0 Å². The number of urea groups is 1. The fourth-order valence-electron chi connectivity index (χ4n) is 1.29. The van der Waals surface area contributed by atoms with E-state index < -0.39 is 18.0 Å². The SMILES string of the molecule is CC(CC(=O)O)NC(=O)Nc1ccc(Cl)cc1Cl. The third-order valence-electron chi connectivity index (χ3n) is 2.04. The first kappa shape index (κ1) is 14.6. The molecule has 0 aliphatic heterocycles. The average molecular weight is 291 g/mol. The maximum absolute atomic E-state index is 11.5. The number of nitrogens with one attached hydrogen (secondary N) is 2. The van der Waals surface area contributed by atoms with E-state index in [1.807, 2.05) is 0 Å². The molecule has 2 amide bonds. The Kier molecular flexibility index (Phi) is 5.25. The van der Waals surface area contributed by atoms with E-state index in [4.69, 9.17) is 28.3 Å². The van der Waals surface area contributed by atoms with Crippen LogP contribution in [0, 0.1) is 0 Å². The highest BCUT2D eigenvalue weighted by Gasteiger charge is 2.12. The number of hydrogen-bond acceptors (Lipinski definition) is 2. The van der Waals surface area contributed by atoms with E-state index >= 15 is 0 Å². The molecular weight excluding hydrogens is 279 g/mol. The van der Waals surface area contributed by atoms with Crippen molar-refractivity contribution in [3.63, 3.8) is 0 Å². The highest BCUT2D eigenvalue weighted by Crippen LogP contribution is 2.25. The summed E-state index contributed by atoms with van der Waals surface area (Å²) in [5, 5.41) is 14.3. The van der Waals surface area contributed by atoms with Crippen LogP contribution >= 0.6 is 23.2 Å². The van der Waals surface area contributed by atoms with E-state index in [1.54, 1.807) is 19.1 Å². The van der Waals surface area contributed by atoms with Crippen LogP contribution in [0.1, 0.15) is 13.3 Å². The molecule has 7 heteroatoms. The van der Waals surface area contributed by atoms with Crippen LogP contribution in [0.5, 0.6) is 0 Å². The number of rotatable bonds is 4. The molecule has 3 N–H and O–H groups in total. The Morgan fingerprint density at radius 3 is 2.61 bits per heavy atom. The average Bonchev–Trinajstić information content (AvgIpc) is 2.20. The van der Waals surface area contributed by atoms with Crippen LogP contribution in [-0.2, 0) is 4.79 Å². The number of aliphatic carboxylic acids is 1. The Hall–Kier alpha value is -1.46. The van der Waals surface area contributed by atoms with Crippen LogP contribution in [0.15, 0.2) is 18.2 Å². The third kappa shape index (κ3) is 4.81. The van der Waals surface area contributed by atoms with E-state index in [0.717, 1.165) is 0 Å². The van der Waals surface area contributed by atoms with Crippen molar-refractivity contribution in [2.45, 2.75) is 19.4 Å². The lowest BCUT2D eigenvalue weighted by atomic mass is 10.2. The summed E-state index contributed by atoms with van der Waals surface area (Å²) in [5.74, 6) is -0.979. The summed E-state index contributed by atoms with van der Waals surface area (Å²) in [4.78, 5) is 22.0. The number of carboxylic acid groups (broad SMARTS) is 1. The third-order valence-corrected chi connectivity index (χ3v) is 2.59. The molecule has 0 aliphatic carbocycles. The largest absolute Gasteiger partial charge is 0.481 e. The highest BCUT2D eigenvalue weighted by atomic mass is 35.5. The lowest BCUT2D eigenvalue weighted by Gasteiger charge is -2.13. The van der Waals surface area contributed by atoms with E-state index in [-0.39, 0.29) is 6.42 Å². The molecular formula is C11H12Cl2N2O3. The van der Waals surface area contributed by atoms with Gasteiger partial charge in [-0.05, 0) is 25.1 Å². The smallest absolute Gasteiger partial charge is 0.319 e. The predicted octanol–water partition coefficient (Wildman–Crippen LogP) is 2.98. The molecule has 1 unspecified atom stereocenters. The van der Waals surface area contributed by atoms with Crippen LogP contribution in [0.3, 0.4) is 0 Å². The fourth-order valence-corrected chi connectivity index (χ4v) is 1.74. The van der Waals surface area contributed by atoms with Crippen LogP contribution in [0.2, 0.25) is 10.0 Å². The molecule has 0 fully saturated rings. The monoisotopic (exact) mass is 290 g/mol. The summed E-state index contributed by atoms with van der Waals surface area (Å²) in [5.41, 5.74) is 0.404. The van der Waals surface area contributed by atoms with Gasteiger partial charge in [-0.25, -0.2) is 4.79 Å². The zero-order valence-corrected chi connectivity index (χ0v) is 11.0. The quantitative estimate of drug-likeness (QED) is 0.798. The van der Waals surface area contributed by atoms with Crippen molar-refractivity contribution in [1.82, 2.24) is 5.32 Å². The van der Waals surface area contributed by atoms with Gasteiger partial charge in [-0.3, -0.25) is 4.79 Å². The lowest BCUT2D eigenvalue weighted by molar-refractivity contribution is -0.137. The van der Waals surface area contributed by atoms with Gasteiger partial charge in [0, 0.05) is 11.1 Å². The highest BCUT2D eigenvalue weighted by molar-refractivity contribution is 6.36. The molecule has 1 aromatic rings. The first-order valence-electron chi connectivity index (χ1n) is 5.13. The maximum atomic E-state index is 11.5.